The van der Waals surface area contributed by atoms with Crippen LogP contribution in [0.2, 0.25) is 0 Å². The van der Waals surface area contributed by atoms with E-state index in [0.29, 0.717) is 0 Å². The van der Waals surface area contributed by atoms with Crippen LogP contribution in [0.4, 0.5) is 0 Å². The van der Waals surface area contributed by atoms with Crippen LogP contribution in [-0.2, 0) is 19.3 Å². The van der Waals surface area contributed by atoms with Crippen LogP contribution >= 0.6 is 22.7 Å². The quantitative estimate of drug-likeness (QED) is 0.781. The molecule has 0 fully saturated rings. The third kappa shape index (κ3) is 3.90. The molecule has 0 atom stereocenters. The van der Waals surface area contributed by atoms with E-state index in [1.807, 2.05) is 11.3 Å². The summed E-state index contributed by atoms with van der Waals surface area (Å²) in [5.41, 5.74) is 1.56. The van der Waals surface area contributed by atoms with E-state index in [-0.39, 0.29) is 0 Å². The Morgan fingerprint density at radius 1 is 1.14 bits per heavy atom. The van der Waals surface area contributed by atoms with Crippen molar-refractivity contribution in [1.82, 2.24) is 15.5 Å². The minimum absolute atomic E-state index is 1.04. The van der Waals surface area contributed by atoms with E-state index in [9.17, 15) is 0 Å². The molecule has 0 spiro atoms. The zero-order valence-electron chi connectivity index (χ0n) is 12.7. The predicted octanol–water partition coefficient (Wildman–Crippen LogP) is 4.08. The SMILES string of the molecule is CCCNCCCc1nnc(-c2cc3c(s2)CCCC3)s1. The van der Waals surface area contributed by atoms with E-state index in [0.717, 1.165) is 30.9 Å². The maximum absolute atomic E-state index is 4.40. The Labute approximate surface area is 134 Å². The van der Waals surface area contributed by atoms with Gasteiger partial charge in [0.15, 0.2) is 5.01 Å². The molecule has 1 aliphatic carbocycles. The molecule has 21 heavy (non-hydrogen) atoms. The molecule has 2 aromatic heterocycles. The lowest BCUT2D eigenvalue weighted by Crippen LogP contribution is -2.16. The number of rotatable bonds is 7. The Morgan fingerprint density at radius 3 is 2.90 bits per heavy atom. The summed E-state index contributed by atoms with van der Waals surface area (Å²) in [5.74, 6) is 0. The van der Waals surface area contributed by atoms with Gasteiger partial charge in [-0.15, -0.1) is 21.5 Å². The fourth-order valence-electron chi connectivity index (χ4n) is 2.72. The number of fused-ring (bicyclic) bond motifs is 1. The Morgan fingerprint density at radius 2 is 2.05 bits per heavy atom. The van der Waals surface area contributed by atoms with Gasteiger partial charge in [-0.2, -0.15) is 0 Å². The first kappa shape index (κ1) is 15.1. The summed E-state index contributed by atoms with van der Waals surface area (Å²) in [4.78, 5) is 2.91. The molecule has 2 aromatic rings. The molecule has 0 saturated carbocycles. The van der Waals surface area contributed by atoms with Crippen molar-refractivity contribution in [1.29, 1.82) is 0 Å². The molecule has 114 valence electrons. The lowest BCUT2D eigenvalue weighted by atomic mass is 9.99. The molecular weight excluding hydrogens is 298 g/mol. The molecule has 0 radical (unpaired) electrons. The van der Waals surface area contributed by atoms with Crippen LogP contribution in [0.15, 0.2) is 6.07 Å². The van der Waals surface area contributed by atoms with Gasteiger partial charge in [-0.1, -0.05) is 18.3 Å². The van der Waals surface area contributed by atoms with Crippen molar-refractivity contribution in [3.63, 3.8) is 0 Å². The van der Waals surface area contributed by atoms with Crippen molar-refractivity contribution in [2.75, 3.05) is 13.1 Å². The highest BCUT2D eigenvalue weighted by molar-refractivity contribution is 7.21. The summed E-state index contributed by atoms with van der Waals surface area (Å²) in [6.07, 6.45) is 8.59. The van der Waals surface area contributed by atoms with Crippen molar-refractivity contribution in [2.45, 2.75) is 51.9 Å². The van der Waals surface area contributed by atoms with Gasteiger partial charge in [0.25, 0.3) is 0 Å². The van der Waals surface area contributed by atoms with Crippen LogP contribution in [0.1, 0.15) is 48.1 Å². The van der Waals surface area contributed by atoms with Crippen LogP contribution in [0, 0.1) is 0 Å². The van der Waals surface area contributed by atoms with Crippen LogP contribution in [0.3, 0.4) is 0 Å². The average Bonchev–Trinajstić information content (AvgIpc) is 3.13. The highest BCUT2D eigenvalue weighted by Gasteiger charge is 2.16. The highest BCUT2D eigenvalue weighted by atomic mass is 32.1. The van der Waals surface area contributed by atoms with E-state index in [2.05, 4.69) is 28.5 Å². The molecular formula is C16H23N3S2. The van der Waals surface area contributed by atoms with Gasteiger partial charge in [-0.3, -0.25) is 0 Å². The van der Waals surface area contributed by atoms with Crippen molar-refractivity contribution < 1.29 is 0 Å². The number of aryl methyl sites for hydroxylation is 3. The zero-order chi connectivity index (χ0) is 14.5. The van der Waals surface area contributed by atoms with Gasteiger partial charge >= 0.3 is 0 Å². The van der Waals surface area contributed by atoms with Crippen molar-refractivity contribution in [2.24, 2.45) is 0 Å². The molecule has 0 amide bonds. The van der Waals surface area contributed by atoms with Crippen LogP contribution in [-0.4, -0.2) is 23.3 Å². The Hall–Kier alpha value is -0.780. The van der Waals surface area contributed by atoms with Gasteiger partial charge < -0.3 is 5.32 Å². The molecule has 0 unspecified atom stereocenters. The van der Waals surface area contributed by atoms with Crippen molar-refractivity contribution in [3.05, 3.63) is 21.5 Å². The van der Waals surface area contributed by atoms with Gasteiger partial charge in [0.2, 0.25) is 0 Å². The number of hydrogen-bond acceptors (Lipinski definition) is 5. The predicted molar refractivity (Wildman–Crippen MR) is 91.3 cm³/mol. The molecule has 5 heteroatoms. The monoisotopic (exact) mass is 321 g/mol. The van der Waals surface area contributed by atoms with Gasteiger partial charge in [0, 0.05) is 11.3 Å². The molecule has 3 rings (SSSR count). The second-order valence-electron chi connectivity index (χ2n) is 5.62. The molecule has 3 nitrogen and oxygen atoms in total. The normalized spacial score (nSPS) is 14.3. The number of hydrogen-bond donors (Lipinski definition) is 1. The Bertz CT molecular complexity index is 550. The second kappa shape index (κ2) is 7.47. The van der Waals surface area contributed by atoms with Crippen LogP contribution in [0.5, 0.6) is 0 Å². The van der Waals surface area contributed by atoms with Gasteiger partial charge in [-0.25, -0.2) is 0 Å². The van der Waals surface area contributed by atoms with E-state index in [4.69, 9.17) is 0 Å². The lowest BCUT2D eigenvalue weighted by Gasteiger charge is -2.08. The fourth-order valence-corrected chi connectivity index (χ4v) is 4.89. The first-order valence-corrected chi connectivity index (χ1v) is 9.65. The third-order valence-corrected chi connectivity index (χ3v) is 6.23. The number of thiophene rings is 1. The third-order valence-electron chi connectivity index (χ3n) is 3.85. The molecule has 0 aromatic carbocycles. The largest absolute Gasteiger partial charge is 0.317 e. The lowest BCUT2D eigenvalue weighted by molar-refractivity contribution is 0.637. The Kier molecular flexibility index (Phi) is 5.38. The first-order chi connectivity index (χ1) is 10.4. The first-order valence-electron chi connectivity index (χ1n) is 8.02. The van der Waals surface area contributed by atoms with E-state index in [1.54, 1.807) is 21.8 Å². The van der Waals surface area contributed by atoms with Crippen LogP contribution in [0.25, 0.3) is 9.88 Å². The maximum Gasteiger partial charge on any atom is 0.157 e. The minimum atomic E-state index is 1.04. The summed E-state index contributed by atoms with van der Waals surface area (Å²) in [6.45, 7) is 4.39. The molecule has 1 N–H and O–H groups in total. The van der Waals surface area contributed by atoms with E-state index >= 15 is 0 Å². The smallest absolute Gasteiger partial charge is 0.157 e. The summed E-state index contributed by atoms with van der Waals surface area (Å²) >= 11 is 3.71. The van der Waals surface area contributed by atoms with Gasteiger partial charge in [0.1, 0.15) is 5.01 Å². The van der Waals surface area contributed by atoms with Crippen molar-refractivity contribution in [3.8, 4) is 9.88 Å². The minimum Gasteiger partial charge on any atom is -0.317 e. The van der Waals surface area contributed by atoms with Gasteiger partial charge in [-0.05, 0) is 63.2 Å². The second-order valence-corrected chi connectivity index (χ2v) is 7.82. The molecule has 0 saturated heterocycles. The zero-order valence-corrected chi connectivity index (χ0v) is 14.3. The Balaban J connectivity index is 1.58. The van der Waals surface area contributed by atoms with Crippen molar-refractivity contribution >= 4 is 22.7 Å². The number of nitrogens with one attached hydrogen (secondary N) is 1. The van der Waals surface area contributed by atoms with Gasteiger partial charge in [0.05, 0.1) is 4.88 Å². The molecule has 1 aliphatic rings. The summed E-state index contributed by atoms with van der Waals surface area (Å²) < 4.78 is 0. The highest BCUT2D eigenvalue weighted by Crippen LogP contribution is 2.36. The summed E-state index contributed by atoms with van der Waals surface area (Å²) in [5, 5.41) is 14.5. The van der Waals surface area contributed by atoms with E-state index in [1.165, 1.54) is 42.0 Å². The number of aromatic nitrogens is 2. The topological polar surface area (TPSA) is 37.8 Å². The maximum atomic E-state index is 4.40. The standard InChI is InChI=1S/C16H23N3S2/c1-2-9-17-10-5-8-15-18-19-16(21-15)14-11-12-6-3-4-7-13(12)20-14/h11,17H,2-10H2,1H3. The summed E-state index contributed by atoms with van der Waals surface area (Å²) in [7, 11) is 0. The fraction of sp³-hybridized carbons (Fsp3) is 0.625. The van der Waals surface area contributed by atoms with Crippen LogP contribution < -0.4 is 5.32 Å². The molecule has 0 aliphatic heterocycles. The van der Waals surface area contributed by atoms with E-state index < -0.39 is 0 Å². The number of nitrogens with zero attached hydrogens (tertiary/aromatic N) is 2. The average molecular weight is 322 g/mol. The molecule has 2 heterocycles. The summed E-state index contributed by atoms with van der Waals surface area (Å²) in [6, 6.07) is 2.35. The molecule has 0 bridgehead atoms.